The van der Waals surface area contributed by atoms with E-state index in [1.165, 1.54) is 25.1 Å². The minimum Gasteiger partial charge on any atom is -0.353 e. The van der Waals surface area contributed by atoms with Crippen LogP contribution in [0.5, 0.6) is 0 Å². The van der Waals surface area contributed by atoms with E-state index in [1.807, 2.05) is 0 Å². The minimum atomic E-state index is -0.372. The number of rotatable bonds is 2. The van der Waals surface area contributed by atoms with Crippen molar-refractivity contribution in [3.05, 3.63) is 12.2 Å². The van der Waals surface area contributed by atoms with Crippen LogP contribution in [-0.4, -0.2) is 24.1 Å². The first kappa shape index (κ1) is 10.1. The Morgan fingerprint density at radius 1 is 1.40 bits per heavy atom. The van der Waals surface area contributed by atoms with Crippen LogP contribution in [0.3, 0.4) is 0 Å². The van der Waals surface area contributed by atoms with Gasteiger partial charge in [0.05, 0.1) is 5.92 Å². The zero-order valence-electron chi connectivity index (χ0n) is 8.48. The molecule has 1 N–H and O–H groups in total. The summed E-state index contributed by atoms with van der Waals surface area (Å²) < 4.78 is 0. The monoisotopic (exact) mass is 206 g/mol. The fourth-order valence-electron chi connectivity index (χ4n) is 1.96. The highest BCUT2D eigenvalue weighted by Crippen LogP contribution is 2.18. The Hall–Kier alpha value is -1.45. The zero-order valence-corrected chi connectivity index (χ0v) is 8.48. The van der Waals surface area contributed by atoms with Gasteiger partial charge in [0, 0.05) is 18.3 Å². The molecule has 4 heteroatoms. The predicted molar refractivity (Wildman–Crippen MR) is 56.5 cm³/mol. The number of amides is 2. The normalized spacial score (nSPS) is 25.9. The molecule has 2 amide bonds. The van der Waals surface area contributed by atoms with Crippen molar-refractivity contribution in [2.45, 2.75) is 31.7 Å². The molecule has 2 rings (SSSR count). The van der Waals surface area contributed by atoms with Gasteiger partial charge in [0.1, 0.15) is 0 Å². The molecule has 1 saturated carbocycles. The van der Waals surface area contributed by atoms with E-state index in [2.05, 4.69) is 10.3 Å². The molecular weight excluding hydrogens is 192 g/mol. The summed E-state index contributed by atoms with van der Waals surface area (Å²) in [6.07, 6.45) is 8.87. The molecule has 1 unspecified atom stereocenters. The molecule has 4 nitrogen and oxygen atoms in total. The first-order valence-electron chi connectivity index (χ1n) is 5.32. The zero-order chi connectivity index (χ0) is 10.7. The van der Waals surface area contributed by atoms with Crippen LogP contribution in [0, 0.1) is 5.92 Å². The summed E-state index contributed by atoms with van der Waals surface area (Å²) in [4.78, 5) is 26.1. The Kier molecular flexibility index (Phi) is 2.94. The van der Waals surface area contributed by atoms with Gasteiger partial charge in [-0.05, 0) is 12.8 Å². The molecule has 80 valence electrons. The van der Waals surface area contributed by atoms with Crippen molar-refractivity contribution in [2.75, 3.05) is 0 Å². The van der Waals surface area contributed by atoms with Gasteiger partial charge < -0.3 is 5.32 Å². The van der Waals surface area contributed by atoms with E-state index in [0.717, 1.165) is 12.8 Å². The molecule has 1 aliphatic carbocycles. The lowest BCUT2D eigenvalue weighted by Crippen LogP contribution is -2.37. The summed E-state index contributed by atoms with van der Waals surface area (Å²) in [5.41, 5.74) is 0. The van der Waals surface area contributed by atoms with Gasteiger partial charge in [-0.1, -0.05) is 18.9 Å². The Bertz CT molecular complexity index is 311. The number of nitrogens with one attached hydrogen (secondary N) is 1. The molecule has 0 aromatic heterocycles. The third kappa shape index (κ3) is 2.52. The second-order valence-electron chi connectivity index (χ2n) is 3.99. The summed E-state index contributed by atoms with van der Waals surface area (Å²) in [5.74, 6) is -0.711. The van der Waals surface area contributed by atoms with Crippen LogP contribution < -0.4 is 5.32 Å². The molecule has 0 saturated heterocycles. The number of carbonyl (C=O) groups is 2. The number of hydrogen-bond donors (Lipinski definition) is 1. The maximum absolute atomic E-state index is 11.7. The first-order chi connectivity index (χ1) is 7.25. The number of aliphatic imine (C=N–C) groups is 1. The van der Waals surface area contributed by atoms with Crippen molar-refractivity contribution in [3.8, 4) is 0 Å². The van der Waals surface area contributed by atoms with Gasteiger partial charge in [-0.25, -0.2) is 4.99 Å². The Balaban J connectivity index is 1.88. The van der Waals surface area contributed by atoms with Gasteiger partial charge in [-0.15, -0.1) is 0 Å². The summed E-state index contributed by atoms with van der Waals surface area (Å²) in [5, 5.41) is 2.97. The SMILES string of the molecule is O=C1C=CC(C(=O)NC2CCCC2)C=N1. The number of hydrogen-bond acceptors (Lipinski definition) is 2. The fraction of sp³-hybridized carbons (Fsp3) is 0.545. The van der Waals surface area contributed by atoms with Gasteiger partial charge in [-0.2, -0.15) is 0 Å². The number of dihydropyridines is 1. The minimum absolute atomic E-state index is 0.0469. The summed E-state index contributed by atoms with van der Waals surface area (Å²) in [6.45, 7) is 0. The predicted octanol–water partition coefficient (Wildman–Crippen LogP) is 0.829. The summed E-state index contributed by atoms with van der Waals surface area (Å²) in [7, 11) is 0. The molecule has 0 radical (unpaired) electrons. The molecule has 2 aliphatic rings. The quantitative estimate of drug-likeness (QED) is 0.727. The molecule has 1 fully saturated rings. The van der Waals surface area contributed by atoms with Crippen molar-refractivity contribution >= 4 is 18.0 Å². The maximum Gasteiger partial charge on any atom is 0.269 e. The van der Waals surface area contributed by atoms with Crippen molar-refractivity contribution in [3.63, 3.8) is 0 Å². The first-order valence-corrected chi connectivity index (χ1v) is 5.32. The maximum atomic E-state index is 11.7. The Labute approximate surface area is 88.5 Å². The van der Waals surface area contributed by atoms with E-state index in [4.69, 9.17) is 0 Å². The Morgan fingerprint density at radius 3 is 2.73 bits per heavy atom. The van der Waals surface area contributed by atoms with Gasteiger partial charge in [0.25, 0.3) is 5.91 Å². The van der Waals surface area contributed by atoms with E-state index in [1.54, 1.807) is 6.08 Å². The highest BCUT2D eigenvalue weighted by molar-refractivity contribution is 6.05. The molecule has 0 aromatic rings. The topological polar surface area (TPSA) is 58.5 Å². The number of carbonyl (C=O) groups excluding carboxylic acids is 2. The van der Waals surface area contributed by atoms with Crippen LogP contribution in [0.25, 0.3) is 0 Å². The van der Waals surface area contributed by atoms with Crippen LogP contribution in [0.4, 0.5) is 0 Å². The van der Waals surface area contributed by atoms with E-state index < -0.39 is 0 Å². The van der Waals surface area contributed by atoms with E-state index in [-0.39, 0.29) is 17.7 Å². The molecule has 15 heavy (non-hydrogen) atoms. The van der Waals surface area contributed by atoms with Crippen molar-refractivity contribution in [1.29, 1.82) is 0 Å². The van der Waals surface area contributed by atoms with Crippen molar-refractivity contribution in [2.24, 2.45) is 10.9 Å². The average Bonchev–Trinajstić information content (AvgIpc) is 2.71. The molecular formula is C11H14N2O2. The summed E-state index contributed by atoms with van der Waals surface area (Å²) >= 11 is 0. The van der Waals surface area contributed by atoms with Crippen LogP contribution in [-0.2, 0) is 9.59 Å². The van der Waals surface area contributed by atoms with Gasteiger partial charge in [0.15, 0.2) is 0 Å². The molecule has 1 aliphatic heterocycles. The van der Waals surface area contributed by atoms with Crippen molar-refractivity contribution < 1.29 is 9.59 Å². The molecule has 0 bridgehead atoms. The van der Waals surface area contributed by atoms with Crippen LogP contribution in [0.15, 0.2) is 17.1 Å². The molecule has 0 spiro atoms. The third-order valence-electron chi connectivity index (χ3n) is 2.81. The third-order valence-corrected chi connectivity index (χ3v) is 2.81. The smallest absolute Gasteiger partial charge is 0.269 e. The molecule has 1 heterocycles. The van der Waals surface area contributed by atoms with Gasteiger partial charge in [-0.3, -0.25) is 9.59 Å². The van der Waals surface area contributed by atoms with Gasteiger partial charge >= 0.3 is 0 Å². The standard InChI is InChI=1S/C11H14N2O2/c14-10-6-5-8(7-12-10)11(15)13-9-3-1-2-4-9/h5-9H,1-4H2,(H,13,15). The van der Waals surface area contributed by atoms with E-state index >= 15 is 0 Å². The highest BCUT2D eigenvalue weighted by Gasteiger charge is 2.22. The fourth-order valence-corrected chi connectivity index (χ4v) is 1.96. The lowest BCUT2D eigenvalue weighted by atomic mass is 10.1. The largest absolute Gasteiger partial charge is 0.353 e. The van der Waals surface area contributed by atoms with E-state index in [9.17, 15) is 9.59 Å². The average molecular weight is 206 g/mol. The van der Waals surface area contributed by atoms with E-state index in [0.29, 0.717) is 6.04 Å². The lowest BCUT2D eigenvalue weighted by Gasteiger charge is -2.15. The second kappa shape index (κ2) is 4.38. The highest BCUT2D eigenvalue weighted by atomic mass is 16.2. The second-order valence-corrected chi connectivity index (χ2v) is 3.99. The number of nitrogens with zero attached hydrogens (tertiary/aromatic N) is 1. The lowest BCUT2D eigenvalue weighted by molar-refractivity contribution is -0.122. The van der Waals surface area contributed by atoms with Gasteiger partial charge in [0.2, 0.25) is 5.91 Å². The molecule has 1 atom stereocenters. The summed E-state index contributed by atoms with van der Waals surface area (Å²) in [6, 6.07) is 0.317. The Morgan fingerprint density at radius 2 is 2.13 bits per heavy atom. The van der Waals surface area contributed by atoms with Crippen LogP contribution in [0.2, 0.25) is 0 Å². The molecule has 0 aromatic carbocycles. The van der Waals surface area contributed by atoms with Crippen LogP contribution in [0.1, 0.15) is 25.7 Å². The van der Waals surface area contributed by atoms with Crippen LogP contribution >= 0.6 is 0 Å². The van der Waals surface area contributed by atoms with Crippen molar-refractivity contribution in [1.82, 2.24) is 5.32 Å².